The first kappa shape index (κ1) is 13.1. The number of benzene rings is 1. The first-order chi connectivity index (χ1) is 10.2. The van der Waals surface area contributed by atoms with Crippen LogP contribution in [0, 0.1) is 0 Å². The SMILES string of the molecule is C=CCNC(=O)c1ccc2nc3ccccc3c(=O)n2c1. The largest absolute Gasteiger partial charge is 0.349 e. The van der Waals surface area contributed by atoms with Crippen molar-refractivity contribution in [3.63, 3.8) is 0 Å². The molecule has 0 unspecified atom stereocenters. The van der Waals surface area contributed by atoms with Crippen molar-refractivity contribution in [2.45, 2.75) is 0 Å². The van der Waals surface area contributed by atoms with E-state index in [9.17, 15) is 9.59 Å². The van der Waals surface area contributed by atoms with E-state index in [1.54, 1.807) is 36.4 Å². The Bertz CT molecular complexity index is 912. The molecule has 1 amide bonds. The number of fused-ring (bicyclic) bond motifs is 2. The lowest BCUT2D eigenvalue weighted by Gasteiger charge is -2.06. The monoisotopic (exact) mass is 279 g/mol. The van der Waals surface area contributed by atoms with E-state index in [1.165, 1.54) is 10.6 Å². The molecule has 0 radical (unpaired) electrons. The second kappa shape index (κ2) is 5.20. The quantitative estimate of drug-likeness (QED) is 0.587. The van der Waals surface area contributed by atoms with Crippen molar-refractivity contribution < 1.29 is 4.79 Å². The summed E-state index contributed by atoms with van der Waals surface area (Å²) in [6.45, 7) is 3.92. The first-order valence-electron chi connectivity index (χ1n) is 6.51. The summed E-state index contributed by atoms with van der Waals surface area (Å²) >= 11 is 0. The Morgan fingerprint density at radius 2 is 2.10 bits per heavy atom. The summed E-state index contributed by atoms with van der Waals surface area (Å²) in [4.78, 5) is 28.8. The predicted molar refractivity (Wildman–Crippen MR) is 81.5 cm³/mol. The standard InChI is InChI=1S/C16H13N3O2/c1-2-9-17-15(20)11-7-8-14-18-13-6-4-3-5-12(13)16(21)19(14)10-11/h2-8,10H,1,9H2,(H,17,20). The average Bonchev–Trinajstić information content (AvgIpc) is 2.52. The maximum Gasteiger partial charge on any atom is 0.265 e. The average molecular weight is 279 g/mol. The smallest absolute Gasteiger partial charge is 0.265 e. The molecule has 1 N–H and O–H groups in total. The number of para-hydroxylation sites is 1. The van der Waals surface area contributed by atoms with Crippen LogP contribution in [0.25, 0.3) is 16.6 Å². The number of hydrogen-bond acceptors (Lipinski definition) is 3. The molecule has 0 aliphatic carbocycles. The number of rotatable bonds is 3. The van der Waals surface area contributed by atoms with Crippen LogP contribution in [-0.4, -0.2) is 21.8 Å². The summed E-state index contributed by atoms with van der Waals surface area (Å²) in [6, 6.07) is 10.5. The van der Waals surface area contributed by atoms with E-state index >= 15 is 0 Å². The van der Waals surface area contributed by atoms with Crippen LogP contribution in [0.3, 0.4) is 0 Å². The number of hydrogen-bond donors (Lipinski definition) is 1. The van der Waals surface area contributed by atoms with E-state index in [4.69, 9.17) is 0 Å². The summed E-state index contributed by atoms with van der Waals surface area (Å²) in [5, 5.41) is 3.20. The second-order valence-corrected chi connectivity index (χ2v) is 4.58. The van der Waals surface area contributed by atoms with E-state index in [2.05, 4.69) is 16.9 Å². The van der Waals surface area contributed by atoms with Crippen LogP contribution >= 0.6 is 0 Å². The molecule has 0 saturated carbocycles. The summed E-state index contributed by atoms with van der Waals surface area (Å²) in [5.41, 5.74) is 1.38. The van der Waals surface area contributed by atoms with E-state index in [0.29, 0.717) is 28.7 Å². The third kappa shape index (κ3) is 2.29. The molecule has 5 heteroatoms. The van der Waals surface area contributed by atoms with Gasteiger partial charge in [-0.2, -0.15) is 0 Å². The van der Waals surface area contributed by atoms with E-state index in [-0.39, 0.29) is 11.5 Å². The highest BCUT2D eigenvalue weighted by Gasteiger charge is 2.09. The molecule has 1 aromatic carbocycles. The fraction of sp³-hybridized carbons (Fsp3) is 0.0625. The maximum absolute atomic E-state index is 12.5. The Morgan fingerprint density at radius 3 is 2.90 bits per heavy atom. The van der Waals surface area contributed by atoms with Gasteiger partial charge in [0.05, 0.1) is 16.5 Å². The van der Waals surface area contributed by atoms with Gasteiger partial charge >= 0.3 is 0 Å². The Hall–Kier alpha value is -2.95. The zero-order valence-electron chi connectivity index (χ0n) is 11.2. The molecule has 0 bridgehead atoms. The van der Waals surface area contributed by atoms with E-state index in [1.807, 2.05) is 6.07 Å². The van der Waals surface area contributed by atoms with Gasteiger partial charge in [0.2, 0.25) is 0 Å². The van der Waals surface area contributed by atoms with Gasteiger partial charge in [0.15, 0.2) is 0 Å². The van der Waals surface area contributed by atoms with Crippen LogP contribution in [0.4, 0.5) is 0 Å². The topological polar surface area (TPSA) is 63.5 Å². The molecule has 3 rings (SSSR count). The lowest BCUT2D eigenvalue weighted by Crippen LogP contribution is -2.24. The Kier molecular flexibility index (Phi) is 3.23. The van der Waals surface area contributed by atoms with Crippen LogP contribution in [0.5, 0.6) is 0 Å². The molecule has 0 fully saturated rings. The highest BCUT2D eigenvalue weighted by Crippen LogP contribution is 2.10. The molecule has 0 aliphatic heterocycles. The number of carbonyl (C=O) groups is 1. The Balaban J connectivity index is 2.19. The number of pyridine rings is 1. The lowest BCUT2D eigenvalue weighted by atomic mass is 10.2. The predicted octanol–water partition coefficient (Wildman–Crippen LogP) is 1.76. The van der Waals surface area contributed by atoms with Crippen molar-refractivity contribution in [2.24, 2.45) is 0 Å². The van der Waals surface area contributed by atoms with Gasteiger partial charge in [0.1, 0.15) is 5.65 Å². The van der Waals surface area contributed by atoms with E-state index < -0.39 is 0 Å². The molecule has 3 aromatic rings. The zero-order valence-corrected chi connectivity index (χ0v) is 11.2. The molecule has 0 aliphatic rings. The third-order valence-electron chi connectivity index (χ3n) is 3.18. The number of aromatic nitrogens is 2. The molecule has 0 spiro atoms. The van der Waals surface area contributed by atoms with Gasteiger partial charge in [-0.1, -0.05) is 18.2 Å². The molecular weight excluding hydrogens is 266 g/mol. The van der Waals surface area contributed by atoms with Crippen LogP contribution in [0.15, 0.2) is 60.0 Å². The molecular formula is C16H13N3O2. The molecule has 0 saturated heterocycles. The van der Waals surface area contributed by atoms with Crippen molar-refractivity contribution in [2.75, 3.05) is 6.54 Å². The molecule has 21 heavy (non-hydrogen) atoms. The van der Waals surface area contributed by atoms with Gasteiger partial charge in [-0.3, -0.25) is 14.0 Å². The summed E-state index contributed by atoms with van der Waals surface area (Å²) in [5.74, 6) is -0.253. The second-order valence-electron chi connectivity index (χ2n) is 4.58. The minimum atomic E-state index is -0.253. The van der Waals surface area contributed by atoms with Crippen LogP contribution in [-0.2, 0) is 0 Å². The molecule has 5 nitrogen and oxygen atoms in total. The molecule has 0 atom stereocenters. The number of carbonyl (C=O) groups excluding carboxylic acids is 1. The minimum absolute atomic E-state index is 0.186. The van der Waals surface area contributed by atoms with Crippen LogP contribution in [0.2, 0.25) is 0 Å². The highest BCUT2D eigenvalue weighted by molar-refractivity contribution is 5.94. The van der Waals surface area contributed by atoms with Crippen molar-refractivity contribution >= 4 is 22.5 Å². The van der Waals surface area contributed by atoms with Gasteiger partial charge < -0.3 is 5.32 Å². The normalized spacial score (nSPS) is 10.7. The van der Waals surface area contributed by atoms with E-state index in [0.717, 1.165) is 0 Å². The number of nitrogens with zero attached hydrogens (tertiary/aromatic N) is 2. The summed E-state index contributed by atoms with van der Waals surface area (Å²) in [7, 11) is 0. The van der Waals surface area contributed by atoms with Gasteiger partial charge in [0.25, 0.3) is 11.5 Å². The Labute approximate surface area is 120 Å². The van der Waals surface area contributed by atoms with Crippen molar-refractivity contribution in [1.82, 2.24) is 14.7 Å². The van der Waals surface area contributed by atoms with Gasteiger partial charge in [-0.15, -0.1) is 6.58 Å². The van der Waals surface area contributed by atoms with Crippen molar-refractivity contribution in [1.29, 1.82) is 0 Å². The minimum Gasteiger partial charge on any atom is -0.349 e. The highest BCUT2D eigenvalue weighted by atomic mass is 16.1. The van der Waals surface area contributed by atoms with Crippen molar-refractivity contribution in [3.8, 4) is 0 Å². The zero-order chi connectivity index (χ0) is 14.8. The van der Waals surface area contributed by atoms with Crippen LogP contribution < -0.4 is 10.9 Å². The number of nitrogens with one attached hydrogen (secondary N) is 1. The molecule has 104 valence electrons. The first-order valence-corrected chi connectivity index (χ1v) is 6.51. The molecule has 2 aromatic heterocycles. The van der Waals surface area contributed by atoms with Gasteiger partial charge in [0, 0.05) is 12.7 Å². The molecule has 2 heterocycles. The lowest BCUT2D eigenvalue weighted by molar-refractivity contribution is 0.0957. The fourth-order valence-electron chi connectivity index (χ4n) is 2.15. The Morgan fingerprint density at radius 1 is 1.29 bits per heavy atom. The van der Waals surface area contributed by atoms with Crippen molar-refractivity contribution in [3.05, 3.63) is 71.2 Å². The summed E-state index contributed by atoms with van der Waals surface area (Å²) < 4.78 is 1.39. The fourth-order valence-corrected chi connectivity index (χ4v) is 2.15. The van der Waals surface area contributed by atoms with Crippen LogP contribution in [0.1, 0.15) is 10.4 Å². The van der Waals surface area contributed by atoms with Gasteiger partial charge in [-0.05, 0) is 24.3 Å². The third-order valence-corrected chi connectivity index (χ3v) is 3.18. The maximum atomic E-state index is 12.5. The number of amides is 1. The van der Waals surface area contributed by atoms with Gasteiger partial charge in [-0.25, -0.2) is 4.98 Å². The summed E-state index contributed by atoms with van der Waals surface area (Å²) in [6.07, 6.45) is 3.11.